The van der Waals surface area contributed by atoms with Gasteiger partial charge < -0.3 is 62.9 Å². The number of aromatic nitrogens is 2. The number of nitrogens with one attached hydrogen (secondary N) is 9. The van der Waals surface area contributed by atoms with Crippen LogP contribution in [-0.4, -0.2) is 140 Å². The highest BCUT2D eigenvalue weighted by Gasteiger charge is 2.41. The maximum absolute atomic E-state index is 15.1. The molecule has 2 aromatic heterocycles. The van der Waals surface area contributed by atoms with Crippen molar-refractivity contribution in [1.82, 2.24) is 52.1 Å². The van der Waals surface area contributed by atoms with Crippen molar-refractivity contribution < 1.29 is 53.1 Å². The maximum atomic E-state index is 15.1. The number of hydrogen-bond acceptors (Lipinski definition) is 11. The first kappa shape index (κ1) is 67.3. The number of likely N-dealkylation sites (tertiary alicyclic amines) is 1. The van der Waals surface area contributed by atoms with Crippen LogP contribution in [0.25, 0.3) is 21.8 Å². The van der Waals surface area contributed by atoms with Crippen molar-refractivity contribution in [3.05, 3.63) is 144 Å². The molecule has 0 aliphatic carbocycles. The molecule has 7 rings (SSSR count). The molecule has 9 atom stereocenters. The van der Waals surface area contributed by atoms with Gasteiger partial charge in [-0.1, -0.05) is 139 Å². The number of Topliss-reactive ketones (excluding diaryl/α,β-unsaturated/α-hetero) is 1. The van der Waals surface area contributed by atoms with Gasteiger partial charge in [0.15, 0.2) is 5.78 Å². The van der Waals surface area contributed by atoms with Crippen molar-refractivity contribution in [2.24, 2.45) is 23.5 Å². The van der Waals surface area contributed by atoms with Gasteiger partial charge in [-0.15, -0.1) is 0 Å². The van der Waals surface area contributed by atoms with Gasteiger partial charge in [0.2, 0.25) is 47.3 Å². The Morgan fingerprint density at radius 1 is 0.517 bits per heavy atom. The van der Waals surface area contributed by atoms with E-state index in [0.29, 0.717) is 23.3 Å². The number of fused-ring (bicyclic) bond motifs is 2. The molecule has 3 heterocycles. The Morgan fingerprint density at radius 3 is 1.45 bits per heavy atom. The van der Waals surface area contributed by atoms with Crippen LogP contribution in [0.3, 0.4) is 0 Å². The lowest BCUT2D eigenvalue weighted by atomic mass is 9.99. The number of aliphatic carboxylic acids is 1. The number of carboxylic acids is 1. The number of nitrogens with two attached hydrogens (primary N) is 1. The molecule has 1 aliphatic rings. The normalized spacial score (nSPS) is 15.9. The molecule has 0 bridgehead atoms. The molecule has 12 N–H and O–H groups in total. The minimum Gasteiger partial charge on any atom is -0.481 e. The molecule has 22 heteroatoms. The van der Waals surface area contributed by atoms with E-state index in [1.165, 1.54) is 11.8 Å². The summed E-state index contributed by atoms with van der Waals surface area (Å²) in [6, 6.07) is 25.1. The predicted molar refractivity (Wildman–Crippen MR) is 337 cm³/mol. The van der Waals surface area contributed by atoms with Crippen molar-refractivity contribution in [1.29, 1.82) is 0 Å². The van der Waals surface area contributed by atoms with Crippen molar-refractivity contribution >= 4 is 80.8 Å². The average Bonchev–Trinajstić information content (AvgIpc) is 3.47. The Kier molecular flexibility index (Phi) is 23.9. The summed E-state index contributed by atoms with van der Waals surface area (Å²) in [6.45, 7) is 12.5. The van der Waals surface area contributed by atoms with Gasteiger partial charge in [-0.2, -0.15) is 0 Å². The van der Waals surface area contributed by atoms with Crippen molar-refractivity contribution in [2.45, 2.75) is 161 Å². The van der Waals surface area contributed by atoms with Crippen LogP contribution < -0.4 is 43.0 Å². The number of carboxylic acid groups (broad SMARTS) is 1. The summed E-state index contributed by atoms with van der Waals surface area (Å²) >= 11 is 0. The molecule has 0 saturated carbocycles. The smallest absolute Gasteiger partial charge is 0.305 e. The van der Waals surface area contributed by atoms with Crippen LogP contribution in [0.5, 0.6) is 0 Å². The largest absolute Gasteiger partial charge is 0.481 e. The third-order valence-corrected chi connectivity index (χ3v) is 15.8. The standard InChI is InChI=1S/C67H85N11O11/c1-38(2)29-51(71-60(82)48(68)31-42-19-10-8-11-20-42)61(83)72-52(30-39(3)4)62(84)73-54(35-46-33-44-23-14-16-25-49(44)69-46)63(85)74-55(37-58(80)81)64(86)76-56(36-47-34-45-24-15-17-26-50(45)70-47)67(89)78-28-18-27-57(78)66(88)75-53(32-43-21-12-9-13-22-43)65(87)77-59(40(5)6)41(7)79/h8-17,19-26,33-34,38-40,48,51-57,59,69-70H,18,27-32,35-37,68H2,1-7H3,(H,71,82)(H,72,83)(H,73,84)(H,74,85)(H,75,88)(H,76,86)(H,77,87)(H,80,81). The summed E-state index contributed by atoms with van der Waals surface area (Å²) in [5.41, 5.74) is 10.3. The molecular weight excluding hydrogens is 1130 g/mol. The Morgan fingerprint density at radius 2 is 0.944 bits per heavy atom. The minimum atomic E-state index is -1.85. The molecule has 0 spiro atoms. The van der Waals surface area contributed by atoms with Crippen LogP contribution >= 0.6 is 0 Å². The van der Waals surface area contributed by atoms with Crippen LogP contribution in [0.15, 0.2) is 121 Å². The topological polar surface area (TPSA) is 336 Å². The Hall–Kier alpha value is -9.18. The van der Waals surface area contributed by atoms with Gasteiger partial charge in [-0.25, -0.2) is 0 Å². The van der Waals surface area contributed by atoms with E-state index in [9.17, 15) is 48.3 Å². The molecule has 9 unspecified atom stereocenters. The lowest BCUT2D eigenvalue weighted by molar-refractivity contribution is -0.144. The summed E-state index contributed by atoms with van der Waals surface area (Å²) in [6.07, 6.45) is -0.232. The molecular formula is C67H85N11O11. The van der Waals surface area contributed by atoms with E-state index in [1.807, 2.05) is 113 Å². The first-order chi connectivity index (χ1) is 42.4. The zero-order chi connectivity index (χ0) is 64.5. The number of hydrogen-bond donors (Lipinski definition) is 11. The number of nitrogens with zero attached hydrogens (tertiary/aromatic N) is 1. The van der Waals surface area contributed by atoms with Gasteiger partial charge in [-0.3, -0.25) is 47.9 Å². The number of carbonyl (C=O) groups excluding carboxylic acids is 9. The summed E-state index contributed by atoms with van der Waals surface area (Å²) in [7, 11) is 0. The molecule has 1 saturated heterocycles. The van der Waals surface area contributed by atoms with Crippen LogP contribution in [0.1, 0.15) is 103 Å². The van der Waals surface area contributed by atoms with Crippen molar-refractivity contribution in [2.75, 3.05) is 6.54 Å². The lowest BCUT2D eigenvalue weighted by Crippen LogP contribution is -2.61. The third-order valence-electron chi connectivity index (χ3n) is 15.8. The maximum Gasteiger partial charge on any atom is 0.305 e. The minimum absolute atomic E-state index is 0.0604. The lowest BCUT2D eigenvalue weighted by Gasteiger charge is -2.31. The Balaban J connectivity index is 1.14. The van der Waals surface area contributed by atoms with Crippen LogP contribution in [0, 0.1) is 17.8 Å². The van der Waals surface area contributed by atoms with Crippen molar-refractivity contribution in [3.63, 3.8) is 0 Å². The van der Waals surface area contributed by atoms with E-state index in [1.54, 1.807) is 50.2 Å². The highest BCUT2D eigenvalue weighted by Crippen LogP contribution is 2.23. The van der Waals surface area contributed by atoms with Gasteiger partial charge in [0.25, 0.3) is 0 Å². The molecule has 89 heavy (non-hydrogen) atoms. The van der Waals surface area contributed by atoms with Crippen molar-refractivity contribution in [3.8, 4) is 0 Å². The number of H-pyrrole nitrogens is 2. The molecule has 1 aliphatic heterocycles. The van der Waals surface area contributed by atoms with E-state index in [-0.39, 0.29) is 75.0 Å². The first-order valence-electron chi connectivity index (χ1n) is 30.5. The van der Waals surface area contributed by atoms with Crippen LogP contribution in [0.4, 0.5) is 0 Å². The number of amides is 8. The highest BCUT2D eigenvalue weighted by atomic mass is 16.4. The first-order valence-corrected chi connectivity index (χ1v) is 30.5. The molecule has 0 radical (unpaired) electrons. The Bertz CT molecular complexity index is 3390. The Labute approximate surface area is 518 Å². The number of benzene rings is 4. The molecule has 4 aromatic carbocycles. The van der Waals surface area contributed by atoms with E-state index in [2.05, 4.69) is 47.2 Å². The average molecular weight is 1220 g/mol. The molecule has 474 valence electrons. The molecule has 1 fully saturated rings. The fourth-order valence-corrected chi connectivity index (χ4v) is 11.3. The number of rotatable bonds is 31. The van der Waals surface area contributed by atoms with Gasteiger partial charge in [0, 0.05) is 48.2 Å². The summed E-state index contributed by atoms with van der Waals surface area (Å²) in [5, 5.41) is 31.2. The zero-order valence-electron chi connectivity index (χ0n) is 51.6. The van der Waals surface area contributed by atoms with E-state index >= 15 is 4.79 Å². The second kappa shape index (κ2) is 31.6. The van der Waals surface area contributed by atoms with Gasteiger partial charge >= 0.3 is 5.97 Å². The number of para-hydroxylation sites is 2. The molecule has 22 nitrogen and oxygen atoms in total. The van der Waals surface area contributed by atoms with Gasteiger partial charge in [0.05, 0.1) is 18.5 Å². The third kappa shape index (κ3) is 19.4. The van der Waals surface area contributed by atoms with Gasteiger partial charge in [-0.05, 0) is 103 Å². The number of carbonyl (C=O) groups is 10. The van der Waals surface area contributed by atoms with E-state index in [4.69, 9.17) is 5.73 Å². The van der Waals surface area contributed by atoms with Crippen LogP contribution in [-0.2, 0) is 73.6 Å². The monoisotopic (exact) mass is 1220 g/mol. The molecule has 6 aromatic rings. The predicted octanol–water partition coefficient (Wildman–Crippen LogP) is 4.44. The second-order valence-corrected chi connectivity index (χ2v) is 24.4. The SMILES string of the molecule is CC(=O)C(NC(=O)C(Cc1ccccc1)NC(=O)C1CCCN1C(=O)C(Cc1cc2ccccc2[nH]1)NC(=O)C(CC(=O)O)NC(=O)C(Cc1cc2ccccc2[nH]1)NC(=O)C(CC(C)C)NC(=O)C(CC(C)C)NC(=O)C(N)Cc1ccccc1)C(C)C. The molecule has 8 amide bonds. The summed E-state index contributed by atoms with van der Waals surface area (Å²) < 4.78 is 0. The number of ketones is 1. The fourth-order valence-electron chi connectivity index (χ4n) is 11.3. The summed E-state index contributed by atoms with van der Waals surface area (Å²) in [5.74, 6) is -8.27. The quantitative estimate of drug-likeness (QED) is 0.0288. The summed E-state index contributed by atoms with van der Waals surface area (Å²) in [4.78, 5) is 149. The van der Waals surface area contributed by atoms with Gasteiger partial charge in [0.1, 0.15) is 42.3 Å². The van der Waals surface area contributed by atoms with Crippen LogP contribution in [0.2, 0.25) is 0 Å². The van der Waals surface area contributed by atoms with E-state index in [0.717, 1.165) is 27.4 Å². The fraction of sp³-hybridized carbons (Fsp3) is 0.433. The zero-order valence-corrected chi connectivity index (χ0v) is 51.6. The van der Waals surface area contributed by atoms with E-state index < -0.39 is 114 Å². The number of aromatic amines is 2. The highest BCUT2D eigenvalue weighted by molar-refractivity contribution is 6.00. The second-order valence-electron chi connectivity index (χ2n) is 24.4.